The van der Waals surface area contributed by atoms with Gasteiger partial charge in [-0.1, -0.05) is 0 Å². The Morgan fingerprint density at radius 1 is 1.25 bits per heavy atom. The van der Waals surface area contributed by atoms with Crippen molar-refractivity contribution in [2.45, 2.75) is 4.90 Å². The zero-order chi connectivity index (χ0) is 14.6. The number of carbonyl (C=O) groups is 1. The molecule has 8 heteroatoms. The van der Waals surface area contributed by atoms with Gasteiger partial charge < -0.3 is 14.4 Å². The molecule has 20 heavy (non-hydrogen) atoms. The predicted octanol–water partition coefficient (Wildman–Crippen LogP) is 0.852. The molecule has 1 aromatic rings. The average molecular weight is 320 g/mol. The van der Waals surface area contributed by atoms with Crippen LogP contribution in [-0.2, 0) is 18.6 Å². The molecule has 0 atom stereocenters. The monoisotopic (exact) mass is 319 g/mol. The van der Waals surface area contributed by atoms with Gasteiger partial charge in [0.25, 0.3) is 15.0 Å². The summed E-state index contributed by atoms with van der Waals surface area (Å²) >= 11 is 0. The van der Waals surface area contributed by atoms with Crippen LogP contribution in [0, 0.1) is 0 Å². The minimum absolute atomic E-state index is 0.00831. The van der Waals surface area contributed by atoms with Crippen LogP contribution in [0.3, 0.4) is 0 Å². The second-order valence-electron chi connectivity index (χ2n) is 4.19. The van der Waals surface area contributed by atoms with Crippen molar-refractivity contribution in [1.82, 2.24) is 4.90 Å². The first-order chi connectivity index (χ1) is 9.47. The highest BCUT2D eigenvalue weighted by molar-refractivity contribution is 8.13. The number of ether oxygens (including phenoxy) is 2. The largest absolute Gasteiger partial charge is 0.484 e. The van der Waals surface area contributed by atoms with Crippen molar-refractivity contribution < 1.29 is 22.7 Å². The zero-order valence-corrected chi connectivity index (χ0v) is 12.2. The lowest BCUT2D eigenvalue weighted by atomic mass is 10.3. The third-order valence-electron chi connectivity index (χ3n) is 2.83. The number of nitrogens with zero attached hydrogens (tertiary/aromatic N) is 1. The van der Waals surface area contributed by atoms with E-state index in [2.05, 4.69) is 0 Å². The van der Waals surface area contributed by atoms with E-state index in [1.165, 1.54) is 24.3 Å². The first-order valence-corrected chi connectivity index (χ1v) is 8.31. The normalized spacial score (nSPS) is 15.9. The molecule has 2 rings (SSSR count). The maximum absolute atomic E-state index is 11.8. The van der Waals surface area contributed by atoms with Crippen LogP contribution < -0.4 is 4.74 Å². The van der Waals surface area contributed by atoms with Gasteiger partial charge in [-0.25, -0.2) is 8.42 Å². The number of amides is 1. The molecule has 0 bridgehead atoms. The van der Waals surface area contributed by atoms with Gasteiger partial charge in [0.15, 0.2) is 6.61 Å². The van der Waals surface area contributed by atoms with Gasteiger partial charge in [-0.05, 0) is 24.3 Å². The highest BCUT2D eigenvalue weighted by Crippen LogP contribution is 2.19. The number of hydrogen-bond acceptors (Lipinski definition) is 5. The van der Waals surface area contributed by atoms with E-state index in [4.69, 9.17) is 20.2 Å². The Morgan fingerprint density at radius 2 is 1.85 bits per heavy atom. The van der Waals surface area contributed by atoms with Gasteiger partial charge in [0.1, 0.15) is 5.75 Å². The van der Waals surface area contributed by atoms with Crippen molar-refractivity contribution in [2.24, 2.45) is 0 Å². The zero-order valence-electron chi connectivity index (χ0n) is 10.6. The smallest absolute Gasteiger partial charge is 0.261 e. The summed E-state index contributed by atoms with van der Waals surface area (Å²) in [4.78, 5) is 13.5. The van der Waals surface area contributed by atoms with Gasteiger partial charge in [-0.3, -0.25) is 4.79 Å². The summed E-state index contributed by atoms with van der Waals surface area (Å²) in [5.41, 5.74) is 0. The Labute approximate surface area is 121 Å². The topological polar surface area (TPSA) is 72.9 Å². The van der Waals surface area contributed by atoms with Gasteiger partial charge in [0.05, 0.1) is 18.1 Å². The van der Waals surface area contributed by atoms with E-state index >= 15 is 0 Å². The average Bonchev–Trinajstić information content (AvgIpc) is 2.45. The Hall–Kier alpha value is -1.31. The Morgan fingerprint density at radius 3 is 2.40 bits per heavy atom. The Bertz CT molecular complexity index is 566. The molecular formula is C12H14ClNO5S. The van der Waals surface area contributed by atoms with Crippen LogP contribution in [0.5, 0.6) is 5.75 Å². The summed E-state index contributed by atoms with van der Waals surface area (Å²) in [5, 5.41) is 0. The lowest BCUT2D eigenvalue weighted by molar-refractivity contribution is -0.137. The van der Waals surface area contributed by atoms with Crippen molar-refractivity contribution in [1.29, 1.82) is 0 Å². The highest BCUT2D eigenvalue weighted by Gasteiger charge is 2.17. The summed E-state index contributed by atoms with van der Waals surface area (Å²) < 4.78 is 32.6. The van der Waals surface area contributed by atoms with Crippen LogP contribution in [0.25, 0.3) is 0 Å². The summed E-state index contributed by atoms with van der Waals surface area (Å²) in [5.74, 6) is 0.290. The number of benzene rings is 1. The van der Waals surface area contributed by atoms with Crippen molar-refractivity contribution in [3.8, 4) is 5.75 Å². The second kappa shape index (κ2) is 6.43. The first kappa shape index (κ1) is 15.1. The summed E-state index contributed by atoms with van der Waals surface area (Å²) in [6, 6.07) is 5.58. The molecule has 0 spiro atoms. The number of rotatable bonds is 4. The molecule has 110 valence electrons. The molecule has 0 radical (unpaired) electrons. The van der Waals surface area contributed by atoms with Gasteiger partial charge in [-0.2, -0.15) is 0 Å². The maximum atomic E-state index is 11.8. The van der Waals surface area contributed by atoms with E-state index in [0.717, 1.165) is 0 Å². The minimum Gasteiger partial charge on any atom is -0.484 e. The predicted molar refractivity (Wildman–Crippen MR) is 72.4 cm³/mol. The lowest BCUT2D eigenvalue weighted by Gasteiger charge is -2.26. The molecule has 1 aromatic carbocycles. The summed E-state index contributed by atoms with van der Waals surface area (Å²) in [7, 11) is 1.46. The third-order valence-corrected chi connectivity index (χ3v) is 4.20. The Balaban J connectivity index is 1.89. The summed E-state index contributed by atoms with van der Waals surface area (Å²) in [6.45, 7) is 2.10. The molecule has 1 amide bonds. The van der Waals surface area contributed by atoms with Gasteiger partial charge >= 0.3 is 0 Å². The lowest BCUT2D eigenvalue weighted by Crippen LogP contribution is -2.42. The van der Waals surface area contributed by atoms with E-state index in [0.29, 0.717) is 32.1 Å². The third kappa shape index (κ3) is 4.09. The number of hydrogen-bond donors (Lipinski definition) is 0. The Kier molecular flexibility index (Phi) is 4.85. The standard InChI is InChI=1S/C12H14ClNO5S/c13-20(16,17)11-3-1-10(2-4-11)19-9-12(15)14-5-7-18-8-6-14/h1-4H,5-9H2. The first-order valence-electron chi connectivity index (χ1n) is 6.00. The SMILES string of the molecule is O=C(COc1ccc(S(=O)(=O)Cl)cc1)N1CCOCC1. The molecule has 0 aliphatic carbocycles. The number of halogens is 1. The fourth-order valence-electron chi connectivity index (χ4n) is 1.75. The second-order valence-corrected chi connectivity index (χ2v) is 6.76. The molecule has 1 fully saturated rings. The molecule has 0 N–H and O–H groups in total. The molecule has 1 heterocycles. The van der Waals surface area contributed by atoms with Crippen LogP contribution in [0.1, 0.15) is 0 Å². The van der Waals surface area contributed by atoms with Crippen LogP contribution in [0.4, 0.5) is 0 Å². The minimum atomic E-state index is -3.74. The van der Waals surface area contributed by atoms with E-state index in [1.807, 2.05) is 0 Å². The van der Waals surface area contributed by atoms with Gasteiger partial charge in [0, 0.05) is 23.8 Å². The van der Waals surface area contributed by atoms with Crippen molar-refractivity contribution in [2.75, 3.05) is 32.9 Å². The van der Waals surface area contributed by atoms with Crippen molar-refractivity contribution >= 4 is 25.6 Å². The van der Waals surface area contributed by atoms with Crippen LogP contribution in [0.2, 0.25) is 0 Å². The fourth-order valence-corrected chi connectivity index (χ4v) is 2.52. The molecule has 0 saturated carbocycles. The van der Waals surface area contributed by atoms with E-state index in [9.17, 15) is 13.2 Å². The van der Waals surface area contributed by atoms with Gasteiger partial charge in [0.2, 0.25) is 0 Å². The van der Waals surface area contributed by atoms with E-state index in [1.54, 1.807) is 4.90 Å². The summed E-state index contributed by atoms with van der Waals surface area (Å²) in [6.07, 6.45) is 0. The quantitative estimate of drug-likeness (QED) is 0.769. The van der Waals surface area contributed by atoms with Crippen molar-refractivity contribution in [3.05, 3.63) is 24.3 Å². The maximum Gasteiger partial charge on any atom is 0.261 e. The molecule has 1 aliphatic rings. The van der Waals surface area contributed by atoms with E-state index in [-0.39, 0.29) is 17.4 Å². The van der Waals surface area contributed by atoms with Crippen molar-refractivity contribution in [3.63, 3.8) is 0 Å². The molecule has 0 unspecified atom stereocenters. The number of carbonyl (C=O) groups excluding carboxylic acids is 1. The van der Waals surface area contributed by atoms with Crippen LogP contribution in [0.15, 0.2) is 29.2 Å². The van der Waals surface area contributed by atoms with Crippen LogP contribution in [-0.4, -0.2) is 52.1 Å². The van der Waals surface area contributed by atoms with Gasteiger partial charge in [-0.15, -0.1) is 0 Å². The molecule has 1 aliphatic heterocycles. The molecular weight excluding hydrogens is 306 g/mol. The molecule has 6 nitrogen and oxygen atoms in total. The van der Waals surface area contributed by atoms with Crippen LogP contribution >= 0.6 is 10.7 Å². The van der Waals surface area contributed by atoms with E-state index < -0.39 is 9.05 Å². The molecule has 1 saturated heterocycles. The highest BCUT2D eigenvalue weighted by atomic mass is 35.7. The molecule has 0 aromatic heterocycles. The fraction of sp³-hybridized carbons (Fsp3) is 0.417. The number of morpholine rings is 1.